The Bertz CT molecular complexity index is 503. The molecule has 1 aromatic carbocycles. The van der Waals surface area contributed by atoms with E-state index in [1.165, 1.54) is 0 Å². The van der Waals surface area contributed by atoms with Gasteiger partial charge in [0, 0.05) is 21.3 Å². The summed E-state index contributed by atoms with van der Waals surface area (Å²) in [7, 11) is 0. The molecule has 0 fully saturated rings. The number of rotatable bonds is 3. The molecule has 1 aromatic heterocycles. The minimum atomic E-state index is 0.182. The van der Waals surface area contributed by atoms with Crippen molar-refractivity contribution in [3.05, 3.63) is 56.2 Å². The first kappa shape index (κ1) is 11.6. The zero-order valence-corrected chi connectivity index (χ0v) is 11.3. The quantitative estimate of drug-likeness (QED) is 0.774. The summed E-state index contributed by atoms with van der Waals surface area (Å²) in [4.78, 5) is 13.2. The number of halogens is 1. The lowest BCUT2D eigenvalue weighted by atomic mass is 10.0. The Hall–Kier alpha value is -0.930. The summed E-state index contributed by atoms with van der Waals surface area (Å²) in [6.07, 6.45) is 0.495. The van der Waals surface area contributed by atoms with Crippen LogP contribution in [-0.2, 0) is 6.42 Å². The van der Waals surface area contributed by atoms with Gasteiger partial charge in [-0.15, -0.1) is 11.3 Å². The van der Waals surface area contributed by atoms with Crippen molar-refractivity contribution in [1.29, 1.82) is 0 Å². The number of hydrogen-bond donors (Lipinski definition) is 0. The summed E-state index contributed by atoms with van der Waals surface area (Å²) in [5, 5.41) is 2.00. The molecule has 0 saturated carbocycles. The fourth-order valence-corrected chi connectivity index (χ4v) is 2.65. The minimum absolute atomic E-state index is 0.182. The minimum Gasteiger partial charge on any atom is -0.294 e. The number of benzene rings is 1. The molecule has 0 saturated heterocycles. The van der Waals surface area contributed by atoms with Gasteiger partial charge >= 0.3 is 0 Å². The van der Waals surface area contributed by atoms with Gasteiger partial charge in [-0.3, -0.25) is 4.79 Å². The van der Waals surface area contributed by atoms with Gasteiger partial charge in [0.15, 0.2) is 5.78 Å². The standard InChI is InChI=1S/C13H11BrOS/c1-9-11(5-2-6-12(9)14)13(15)8-10-4-3-7-16-10/h2-7H,8H2,1H3. The lowest BCUT2D eigenvalue weighted by Crippen LogP contribution is -2.04. The predicted molar refractivity (Wildman–Crippen MR) is 71.2 cm³/mol. The van der Waals surface area contributed by atoms with E-state index in [-0.39, 0.29) is 5.78 Å². The van der Waals surface area contributed by atoms with Crippen molar-refractivity contribution < 1.29 is 4.79 Å². The highest BCUT2D eigenvalue weighted by Gasteiger charge is 2.11. The Morgan fingerprint density at radius 1 is 1.31 bits per heavy atom. The first-order valence-electron chi connectivity index (χ1n) is 4.99. The van der Waals surface area contributed by atoms with Crippen molar-refractivity contribution in [2.75, 3.05) is 0 Å². The van der Waals surface area contributed by atoms with Gasteiger partial charge in [0.1, 0.15) is 0 Å². The van der Waals surface area contributed by atoms with Gasteiger partial charge in [-0.1, -0.05) is 34.1 Å². The van der Waals surface area contributed by atoms with Crippen LogP contribution in [-0.4, -0.2) is 5.78 Å². The van der Waals surface area contributed by atoms with Crippen molar-refractivity contribution >= 4 is 33.0 Å². The fraction of sp³-hybridized carbons (Fsp3) is 0.154. The Morgan fingerprint density at radius 2 is 2.12 bits per heavy atom. The Kier molecular flexibility index (Phi) is 3.56. The lowest BCUT2D eigenvalue weighted by molar-refractivity contribution is 0.0993. The van der Waals surface area contributed by atoms with Gasteiger partial charge in [0.2, 0.25) is 0 Å². The van der Waals surface area contributed by atoms with Crippen molar-refractivity contribution in [1.82, 2.24) is 0 Å². The van der Waals surface area contributed by atoms with Crippen LogP contribution in [0.25, 0.3) is 0 Å². The van der Waals surface area contributed by atoms with E-state index in [4.69, 9.17) is 0 Å². The van der Waals surface area contributed by atoms with Gasteiger partial charge in [0.25, 0.3) is 0 Å². The summed E-state index contributed by atoms with van der Waals surface area (Å²) in [6, 6.07) is 9.71. The number of carbonyl (C=O) groups excluding carboxylic acids is 1. The molecule has 1 nitrogen and oxygen atoms in total. The lowest BCUT2D eigenvalue weighted by Gasteiger charge is -2.05. The van der Waals surface area contributed by atoms with Gasteiger partial charge in [-0.2, -0.15) is 0 Å². The Balaban J connectivity index is 2.24. The van der Waals surface area contributed by atoms with Gasteiger partial charge in [-0.05, 0) is 30.0 Å². The normalized spacial score (nSPS) is 10.4. The van der Waals surface area contributed by atoms with Gasteiger partial charge in [0.05, 0.1) is 0 Å². The monoisotopic (exact) mass is 294 g/mol. The van der Waals surface area contributed by atoms with E-state index in [1.54, 1.807) is 11.3 Å². The number of Topliss-reactive ketones (excluding diaryl/α,β-unsaturated/α-hetero) is 1. The van der Waals surface area contributed by atoms with Crippen LogP contribution in [0.2, 0.25) is 0 Å². The molecule has 3 heteroatoms. The highest BCUT2D eigenvalue weighted by atomic mass is 79.9. The predicted octanol–water partition coefficient (Wildman–Crippen LogP) is 4.24. The van der Waals surface area contributed by atoms with E-state index >= 15 is 0 Å². The number of thiophene rings is 1. The zero-order chi connectivity index (χ0) is 11.5. The summed E-state index contributed by atoms with van der Waals surface area (Å²) in [5.41, 5.74) is 1.83. The van der Waals surface area contributed by atoms with E-state index in [2.05, 4.69) is 15.9 Å². The van der Waals surface area contributed by atoms with Crippen LogP contribution < -0.4 is 0 Å². The van der Waals surface area contributed by atoms with E-state index in [0.29, 0.717) is 6.42 Å². The molecular weight excluding hydrogens is 284 g/mol. The highest BCUT2D eigenvalue weighted by molar-refractivity contribution is 9.10. The van der Waals surface area contributed by atoms with Gasteiger partial charge in [-0.25, -0.2) is 0 Å². The molecule has 0 spiro atoms. The molecule has 0 radical (unpaired) electrons. The molecule has 2 rings (SSSR count). The molecule has 2 aromatic rings. The third-order valence-corrected chi connectivity index (χ3v) is 4.22. The van der Waals surface area contributed by atoms with Crippen LogP contribution in [0.3, 0.4) is 0 Å². The second kappa shape index (κ2) is 4.93. The second-order valence-electron chi connectivity index (χ2n) is 3.59. The van der Waals surface area contributed by atoms with Crippen molar-refractivity contribution in [2.24, 2.45) is 0 Å². The van der Waals surface area contributed by atoms with Crippen LogP contribution in [0.15, 0.2) is 40.2 Å². The molecule has 0 aliphatic rings. The van der Waals surface area contributed by atoms with E-state index in [0.717, 1.165) is 20.5 Å². The van der Waals surface area contributed by atoms with Crippen molar-refractivity contribution in [3.63, 3.8) is 0 Å². The smallest absolute Gasteiger partial charge is 0.168 e. The number of hydrogen-bond acceptors (Lipinski definition) is 2. The third kappa shape index (κ3) is 2.42. The summed E-state index contributed by atoms with van der Waals surface area (Å²) in [5.74, 6) is 0.182. The number of carbonyl (C=O) groups is 1. The molecule has 0 atom stereocenters. The average Bonchev–Trinajstić information content (AvgIpc) is 2.74. The molecule has 0 N–H and O–H groups in total. The van der Waals surface area contributed by atoms with E-state index < -0.39 is 0 Å². The second-order valence-corrected chi connectivity index (χ2v) is 5.48. The Labute approximate surface area is 107 Å². The van der Waals surface area contributed by atoms with Crippen molar-refractivity contribution in [3.8, 4) is 0 Å². The van der Waals surface area contributed by atoms with Crippen LogP contribution in [0, 0.1) is 6.92 Å². The van der Waals surface area contributed by atoms with Crippen LogP contribution in [0.1, 0.15) is 20.8 Å². The topological polar surface area (TPSA) is 17.1 Å². The molecule has 0 aliphatic heterocycles. The average molecular weight is 295 g/mol. The van der Waals surface area contributed by atoms with E-state index in [9.17, 15) is 4.79 Å². The van der Waals surface area contributed by atoms with Gasteiger partial charge < -0.3 is 0 Å². The first-order valence-corrected chi connectivity index (χ1v) is 6.66. The van der Waals surface area contributed by atoms with Crippen LogP contribution >= 0.6 is 27.3 Å². The van der Waals surface area contributed by atoms with Crippen LogP contribution in [0.5, 0.6) is 0 Å². The Morgan fingerprint density at radius 3 is 2.81 bits per heavy atom. The molecule has 0 unspecified atom stereocenters. The maximum absolute atomic E-state index is 12.1. The molecule has 1 heterocycles. The SMILES string of the molecule is Cc1c(Br)cccc1C(=O)Cc1cccs1. The summed E-state index contributed by atoms with van der Waals surface area (Å²) < 4.78 is 0.990. The zero-order valence-electron chi connectivity index (χ0n) is 8.87. The van der Waals surface area contributed by atoms with Crippen molar-refractivity contribution in [2.45, 2.75) is 13.3 Å². The fourth-order valence-electron chi connectivity index (χ4n) is 1.58. The largest absolute Gasteiger partial charge is 0.294 e. The third-order valence-electron chi connectivity index (χ3n) is 2.48. The molecule has 0 aliphatic carbocycles. The highest BCUT2D eigenvalue weighted by Crippen LogP contribution is 2.21. The molecule has 82 valence electrons. The first-order chi connectivity index (χ1) is 7.68. The maximum atomic E-state index is 12.1. The summed E-state index contributed by atoms with van der Waals surface area (Å²) in [6.45, 7) is 1.96. The molecule has 0 bridgehead atoms. The van der Waals surface area contributed by atoms with E-state index in [1.807, 2.05) is 42.6 Å². The molecule has 0 amide bonds. The maximum Gasteiger partial charge on any atom is 0.168 e. The molecule has 16 heavy (non-hydrogen) atoms. The summed E-state index contributed by atoms with van der Waals surface area (Å²) >= 11 is 5.07. The molecular formula is C13H11BrOS. The van der Waals surface area contributed by atoms with Crippen LogP contribution in [0.4, 0.5) is 0 Å². The number of ketones is 1.